The Morgan fingerprint density at radius 3 is 3.00 bits per heavy atom. The number of nitriles is 1. The molecule has 1 saturated heterocycles. The van der Waals surface area contributed by atoms with E-state index in [1.807, 2.05) is 12.1 Å². The van der Waals surface area contributed by atoms with Crippen LogP contribution in [0.1, 0.15) is 18.9 Å². The lowest BCUT2D eigenvalue weighted by atomic mass is 10.1. The maximum atomic E-state index is 9.12. The molecule has 2 rings (SSSR count). The lowest BCUT2D eigenvalue weighted by molar-refractivity contribution is 0.345. The molecule has 0 spiro atoms. The van der Waals surface area contributed by atoms with E-state index in [2.05, 4.69) is 23.2 Å². The van der Waals surface area contributed by atoms with Crippen molar-refractivity contribution in [3.05, 3.63) is 23.8 Å². The van der Waals surface area contributed by atoms with Crippen LogP contribution in [0.5, 0.6) is 5.75 Å². The number of nitrogens with one attached hydrogen (secondary N) is 1. The highest BCUT2D eigenvalue weighted by atomic mass is 16.5. The molecule has 0 bridgehead atoms. The predicted molar refractivity (Wildman–Crippen MR) is 76.4 cm³/mol. The van der Waals surface area contributed by atoms with E-state index >= 15 is 0 Å². The molecule has 4 nitrogen and oxygen atoms in total. The van der Waals surface area contributed by atoms with Crippen LogP contribution in [0.3, 0.4) is 0 Å². The number of benzene rings is 1. The normalized spacial score (nSPS) is 19.1. The Labute approximate surface area is 115 Å². The maximum absolute atomic E-state index is 9.12. The zero-order valence-electron chi connectivity index (χ0n) is 11.6. The van der Waals surface area contributed by atoms with Crippen LogP contribution in [0.15, 0.2) is 18.2 Å². The topological polar surface area (TPSA) is 48.3 Å². The Morgan fingerprint density at radius 2 is 2.37 bits per heavy atom. The Morgan fingerprint density at radius 1 is 1.53 bits per heavy atom. The number of anilines is 1. The molecule has 0 radical (unpaired) electrons. The van der Waals surface area contributed by atoms with Gasteiger partial charge in [-0.3, -0.25) is 0 Å². The lowest BCUT2D eigenvalue weighted by Crippen LogP contribution is -2.22. The van der Waals surface area contributed by atoms with Gasteiger partial charge in [-0.2, -0.15) is 5.26 Å². The van der Waals surface area contributed by atoms with Crippen molar-refractivity contribution in [2.45, 2.75) is 13.3 Å². The van der Waals surface area contributed by atoms with Crippen molar-refractivity contribution >= 4 is 5.69 Å². The van der Waals surface area contributed by atoms with Crippen LogP contribution < -0.4 is 10.1 Å². The van der Waals surface area contributed by atoms with E-state index in [0.717, 1.165) is 31.1 Å². The molecule has 1 N–H and O–H groups in total. The predicted octanol–water partition coefficient (Wildman–Crippen LogP) is 2.32. The summed E-state index contributed by atoms with van der Waals surface area (Å²) in [5, 5.41) is 12.5. The van der Waals surface area contributed by atoms with Crippen molar-refractivity contribution in [2.24, 2.45) is 5.92 Å². The summed E-state index contributed by atoms with van der Waals surface area (Å²) in [5.41, 5.74) is 1.54. The second-order valence-corrected chi connectivity index (χ2v) is 4.95. The van der Waals surface area contributed by atoms with E-state index in [0.29, 0.717) is 11.5 Å². The van der Waals surface area contributed by atoms with Crippen LogP contribution in [0, 0.1) is 17.2 Å². The van der Waals surface area contributed by atoms with Gasteiger partial charge in [0.15, 0.2) is 0 Å². The third-order valence-corrected chi connectivity index (χ3v) is 3.75. The summed E-state index contributed by atoms with van der Waals surface area (Å²) in [6.07, 6.45) is 1.23. The minimum Gasteiger partial charge on any atom is -0.497 e. The van der Waals surface area contributed by atoms with E-state index in [1.54, 1.807) is 13.2 Å². The highest BCUT2D eigenvalue weighted by Crippen LogP contribution is 2.23. The molecule has 0 saturated carbocycles. The number of hydrogen-bond acceptors (Lipinski definition) is 4. The van der Waals surface area contributed by atoms with Gasteiger partial charge in [-0.05, 0) is 37.6 Å². The highest BCUT2D eigenvalue weighted by Gasteiger charge is 2.20. The number of nitrogens with zero attached hydrogens (tertiary/aromatic N) is 2. The fraction of sp³-hybridized carbons (Fsp3) is 0.533. The van der Waals surface area contributed by atoms with Crippen molar-refractivity contribution in [1.29, 1.82) is 5.26 Å². The van der Waals surface area contributed by atoms with Crippen LogP contribution in [0.2, 0.25) is 0 Å². The number of hydrogen-bond donors (Lipinski definition) is 1. The number of ether oxygens (including phenoxy) is 1. The Kier molecular flexibility index (Phi) is 4.64. The zero-order chi connectivity index (χ0) is 13.7. The van der Waals surface area contributed by atoms with Crippen molar-refractivity contribution in [3.63, 3.8) is 0 Å². The molecular weight excluding hydrogens is 238 g/mol. The minimum absolute atomic E-state index is 0.665. The third kappa shape index (κ3) is 3.39. The summed E-state index contributed by atoms with van der Waals surface area (Å²) < 4.78 is 5.20. The Bertz CT molecular complexity index is 467. The number of rotatable bonds is 5. The fourth-order valence-corrected chi connectivity index (χ4v) is 2.52. The van der Waals surface area contributed by atoms with Crippen LogP contribution >= 0.6 is 0 Å². The highest BCUT2D eigenvalue weighted by molar-refractivity contribution is 5.60. The van der Waals surface area contributed by atoms with Crippen LogP contribution in [0.4, 0.5) is 5.69 Å². The van der Waals surface area contributed by atoms with Gasteiger partial charge in [0, 0.05) is 19.2 Å². The fourth-order valence-electron chi connectivity index (χ4n) is 2.52. The van der Waals surface area contributed by atoms with Gasteiger partial charge in [-0.1, -0.05) is 6.92 Å². The van der Waals surface area contributed by atoms with Crippen LogP contribution in [0.25, 0.3) is 0 Å². The summed E-state index contributed by atoms with van der Waals surface area (Å²) in [6.45, 7) is 6.57. The number of methoxy groups -OCH3 is 1. The summed E-state index contributed by atoms with van der Waals surface area (Å²) in [6, 6.07) is 7.73. The summed E-state index contributed by atoms with van der Waals surface area (Å²) in [7, 11) is 1.64. The van der Waals surface area contributed by atoms with E-state index in [9.17, 15) is 0 Å². The molecule has 1 unspecified atom stereocenters. The average molecular weight is 259 g/mol. The largest absolute Gasteiger partial charge is 0.497 e. The zero-order valence-corrected chi connectivity index (χ0v) is 11.6. The van der Waals surface area contributed by atoms with Gasteiger partial charge in [0.2, 0.25) is 0 Å². The van der Waals surface area contributed by atoms with Crippen LogP contribution in [-0.4, -0.2) is 38.2 Å². The summed E-state index contributed by atoms with van der Waals surface area (Å²) >= 11 is 0. The third-order valence-electron chi connectivity index (χ3n) is 3.75. The van der Waals surface area contributed by atoms with Crippen molar-refractivity contribution < 1.29 is 4.74 Å². The Balaban J connectivity index is 1.97. The van der Waals surface area contributed by atoms with Crippen molar-refractivity contribution in [2.75, 3.05) is 38.6 Å². The van der Waals surface area contributed by atoms with Crippen molar-refractivity contribution in [3.8, 4) is 11.8 Å². The summed E-state index contributed by atoms with van der Waals surface area (Å²) in [4.78, 5) is 2.46. The molecule has 1 aromatic rings. The molecule has 0 aromatic heterocycles. The molecule has 1 aromatic carbocycles. The monoisotopic (exact) mass is 259 g/mol. The molecular formula is C15H21N3O. The Hall–Kier alpha value is -1.73. The smallest absolute Gasteiger partial charge is 0.121 e. The second-order valence-electron chi connectivity index (χ2n) is 4.95. The van der Waals surface area contributed by atoms with Crippen LogP contribution in [-0.2, 0) is 0 Å². The number of likely N-dealkylation sites (tertiary alicyclic amines) is 1. The molecule has 4 heteroatoms. The van der Waals surface area contributed by atoms with E-state index in [4.69, 9.17) is 10.00 Å². The maximum Gasteiger partial charge on any atom is 0.121 e. The molecule has 1 aliphatic rings. The van der Waals surface area contributed by atoms with Crippen molar-refractivity contribution in [1.82, 2.24) is 4.90 Å². The van der Waals surface area contributed by atoms with Gasteiger partial charge < -0.3 is 15.0 Å². The first-order valence-electron chi connectivity index (χ1n) is 6.81. The first-order valence-corrected chi connectivity index (χ1v) is 6.81. The van der Waals surface area contributed by atoms with E-state index in [-0.39, 0.29) is 0 Å². The minimum atomic E-state index is 0.665. The first kappa shape index (κ1) is 13.7. The molecule has 19 heavy (non-hydrogen) atoms. The van der Waals surface area contributed by atoms with E-state index in [1.165, 1.54) is 13.0 Å². The van der Waals surface area contributed by atoms with E-state index < -0.39 is 0 Å². The molecule has 0 amide bonds. The molecule has 1 aliphatic heterocycles. The first-order chi connectivity index (χ1) is 9.26. The molecule has 0 aliphatic carbocycles. The van der Waals surface area contributed by atoms with Gasteiger partial charge in [0.05, 0.1) is 18.4 Å². The van der Waals surface area contributed by atoms with Gasteiger partial charge >= 0.3 is 0 Å². The lowest BCUT2D eigenvalue weighted by Gasteiger charge is -2.15. The van der Waals surface area contributed by atoms with Gasteiger partial charge in [0.25, 0.3) is 0 Å². The van der Waals surface area contributed by atoms with Gasteiger partial charge in [-0.15, -0.1) is 0 Å². The molecule has 1 heterocycles. The second kappa shape index (κ2) is 6.44. The average Bonchev–Trinajstić information content (AvgIpc) is 2.92. The van der Waals surface area contributed by atoms with Gasteiger partial charge in [-0.25, -0.2) is 0 Å². The molecule has 102 valence electrons. The van der Waals surface area contributed by atoms with Gasteiger partial charge in [0.1, 0.15) is 11.8 Å². The molecule has 1 fully saturated rings. The SMILES string of the molecule is CCN1CCC(CNc2cc(OC)ccc2C#N)C1. The standard InChI is InChI=1S/C15H21N3O/c1-3-18-7-6-12(11-18)10-17-15-8-14(19-2)5-4-13(15)9-16/h4-5,8,12,17H,3,6-7,10-11H2,1-2H3. The molecule has 1 atom stereocenters. The summed E-state index contributed by atoms with van der Waals surface area (Å²) in [5.74, 6) is 1.45. The quantitative estimate of drug-likeness (QED) is 0.881.